The fourth-order valence-corrected chi connectivity index (χ4v) is 21.6. The smallest absolute Gasteiger partial charge is 0.306 e. The number of aromatic nitrogens is 15. The molecule has 12 heterocycles. The first-order chi connectivity index (χ1) is 72.9. The van der Waals surface area contributed by atoms with Crippen LogP contribution in [0.3, 0.4) is 0 Å². The molecule has 33 nitrogen and oxygen atoms in total. The van der Waals surface area contributed by atoms with Gasteiger partial charge in [-0.15, -0.1) is 108 Å². The van der Waals surface area contributed by atoms with Crippen LogP contribution in [0.5, 0.6) is 0 Å². The summed E-state index contributed by atoms with van der Waals surface area (Å²) in [4.78, 5) is 136. The average molecular weight is 2090 g/mol. The van der Waals surface area contributed by atoms with Crippen LogP contribution in [-0.4, -0.2) is 184 Å². The van der Waals surface area contributed by atoms with Gasteiger partial charge in [0.05, 0.1) is 64.6 Å². The molecule has 150 heavy (non-hydrogen) atoms. The van der Waals surface area contributed by atoms with Gasteiger partial charge in [-0.25, -0.2) is 24.9 Å². The second-order valence-electron chi connectivity index (χ2n) is 35.4. The molecule has 10 aromatic heterocycles. The standard InChI is InChI=1S/C26H21N3O2S.2C22H18N4O3S.C22H19N3O4S.C20H15N3O4S/c1-16-8-9-18(17(2)14-16)11-13-23-28-29-25(31-23)24(30)26-27-21-12-10-20(15-22(21)32-26)19-6-4-3-5-7-19;2*1-26-10-9-15(22(26)28)12-18-24-25-20(29-18)19(27)21-23-16-8-7-14(11-17(16)30-21)13-5-3-2-4-6-13;1-13(27)15(9-10-26)12-19-24-25-21(29-19)20(28)22-23-17-8-7-16(11-18(17)30-22)14-5-3-2-4-6-14;1-26-17(24)10-9-16-22-23-19(27-16)18(25)20-21-14-8-7-13(11-15(14)28-20)12-5-3-2-4-6-12/h3-10,12,14-15H,11,13H2,1-2H3;2*2-8,11,15H,9-10,12H2,1H3;2-8,11,15,26H,9-10,12H2,1H3;2-8,11H,9-10H2,1H3/t;;;15-;/m...0./s1. The predicted octanol–water partition coefficient (Wildman–Crippen LogP) is 20.6. The molecular weight excluding hydrogens is 2000 g/mol. The number of aliphatic hydroxyl groups excluding tert-OH is 1. The Morgan fingerprint density at radius 3 is 0.940 bits per heavy atom. The zero-order valence-corrected chi connectivity index (χ0v) is 85.5. The van der Waals surface area contributed by atoms with Gasteiger partial charge >= 0.3 is 5.97 Å². The number of benzene rings is 11. The molecule has 2 aliphatic heterocycles. The van der Waals surface area contributed by atoms with Crippen molar-refractivity contribution in [3.63, 3.8) is 0 Å². The number of ketones is 6. The van der Waals surface area contributed by atoms with E-state index in [-0.39, 0.29) is 118 Å². The average Bonchev–Trinajstić information content (AvgIpc) is 1.66. The Balaban J connectivity index is 0.000000118. The van der Waals surface area contributed by atoms with Gasteiger partial charge in [0.15, 0.2) is 25.0 Å². The van der Waals surface area contributed by atoms with Gasteiger partial charge in [-0.2, -0.15) is 0 Å². The maximum absolute atomic E-state index is 12.9. The molecule has 2 amide bonds. The van der Waals surface area contributed by atoms with Crippen molar-refractivity contribution in [2.24, 2.45) is 17.8 Å². The summed E-state index contributed by atoms with van der Waals surface area (Å²) in [6.45, 7) is 6.97. The van der Waals surface area contributed by atoms with Crippen molar-refractivity contribution in [3.05, 3.63) is 361 Å². The molecule has 38 heteroatoms. The van der Waals surface area contributed by atoms with Crippen LogP contribution < -0.4 is 0 Å². The number of ether oxygens (including phenoxy) is 1. The molecular formula is C112H91N17O16S5. The van der Waals surface area contributed by atoms with Crippen molar-refractivity contribution in [2.45, 2.75) is 85.0 Å². The van der Waals surface area contributed by atoms with E-state index in [2.05, 4.69) is 131 Å². The van der Waals surface area contributed by atoms with E-state index in [1.165, 1.54) is 87.4 Å². The Hall–Kier alpha value is -17.0. The number of rotatable bonds is 30. The van der Waals surface area contributed by atoms with Crippen LogP contribution in [-0.2, 0) is 62.4 Å². The molecule has 23 rings (SSSR count). The number of Topliss-reactive ketones (excluding diaryl/α,β-unsaturated/α-hetero) is 1. The number of thiazole rings is 5. The Morgan fingerprint density at radius 1 is 0.360 bits per heavy atom. The number of esters is 1. The minimum absolute atomic E-state index is 0.0111. The molecule has 21 aromatic rings. The maximum atomic E-state index is 12.9. The van der Waals surface area contributed by atoms with E-state index in [1.807, 2.05) is 224 Å². The lowest BCUT2D eigenvalue weighted by atomic mass is 9.98. The van der Waals surface area contributed by atoms with Crippen LogP contribution >= 0.6 is 56.7 Å². The second-order valence-corrected chi connectivity index (χ2v) is 40.6. The fourth-order valence-electron chi connectivity index (χ4n) is 16.9. The highest BCUT2D eigenvalue weighted by atomic mass is 32.1. The van der Waals surface area contributed by atoms with Crippen molar-refractivity contribution in [2.75, 3.05) is 40.9 Å². The molecule has 0 bridgehead atoms. The Kier molecular flexibility index (Phi) is 31.4. The lowest BCUT2D eigenvalue weighted by Gasteiger charge is -2.08. The summed E-state index contributed by atoms with van der Waals surface area (Å²) in [5.41, 5.74) is 18.3. The quantitative estimate of drug-likeness (QED) is 0.0323. The van der Waals surface area contributed by atoms with E-state index >= 15 is 0 Å². The van der Waals surface area contributed by atoms with Crippen LogP contribution in [0.1, 0.15) is 157 Å². The number of carbonyl (C=O) groups is 9. The first-order valence-corrected chi connectivity index (χ1v) is 51.9. The molecule has 0 aliphatic carbocycles. The van der Waals surface area contributed by atoms with Gasteiger partial charge in [0.25, 0.3) is 58.4 Å². The number of nitrogens with zero attached hydrogens (tertiary/aromatic N) is 17. The molecule has 2 saturated heterocycles. The molecule has 1 N–H and O–H groups in total. The third-order valence-electron chi connectivity index (χ3n) is 25.0. The van der Waals surface area contributed by atoms with Crippen molar-refractivity contribution in [1.82, 2.24) is 85.7 Å². The molecule has 0 spiro atoms. The number of hydrogen-bond acceptors (Lipinski definition) is 36. The Morgan fingerprint density at radius 2 is 0.653 bits per heavy atom. The highest BCUT2D eigenvalue weighted by Crippen LogP contribution is 2.38. The number of carbonyl (C=O) groups excluding carboxylic acids is 9. The van der Waals surface area contributed by atoms with Crippen LogP contribution in [0.2, 0.25) is 0 Å². The van der Waals surface area contributed by atoms with E-state index in [4.69, 9.17) is 27.2 Å². The van der Waals surface area contributed by atoms with E-state index in [1.54, 1.807) is 23.9 Å². The number of aryl methyl sites for hydroxylation is 5. The largest absolute Gasteiger partial charge is 0.469 e. The van der Waals surface area contributed by atoms with E-state index in [9.17, 15) is 43.2 Å². The van der Waals surface area contributed by atoms with E-state index in [0.29, 0.717) is 58.4 Å². The topological polar surface area (TPSA) is 449 Å². The first kappa shape index (κ1) is 102. The normalized spacial score (nSPS) is 13.5. The molecule has 2 aliphatic rings. The summed E-state index contributed by atoms with van der Waals surface area (Å²) in [5.74, 6) is -2.09. The van der Waals surface area contributed by atoms with Gasteiger partial charge in [0, 0.05) is 83.6 Å². The molecule has 11 aromatic carbocycles. The zero-order valence-electron chi connectivity index (χ0n) is 81.5. The predicted molar refractivity (Wildman–Crippen MR) is 566 cm³/mol. The van der Waals surface area contributed by atoms with Crippen molar-refractivity contribution in [3.8, 4) is 55.6 Å². The first-order valence-electron chi connectivity index (χ1n) is 47.8. The van der Waals surface area contributed by atoms with Crippen molar-refractivity contribution < 1.29 is 75.1 Å². The van der Waals surface area contributed by atoms with E-state index < -0.39 is 29.1 Å². The monoisotopic (exact) mass is 2090 g/mol. The highest BCUT2D eigenvalue weighted by molar-refractivity contribution is 7.22. The molecule has 0 saturated carbocycles. The van der Waals surface area contributed by atoms with Crippen LogP contribution in [0, 0.1) is 31.6 Å². The molecule has 3 atom stereocenters. The van der Waals surface area contributed by atoms with Crippen LogP contribution in [0.15, 0.2) is 283 Å². The summed E-state index contributed by atoms with van der Waals surface area (Å²) in [7, 11) is 4.87. The highest BCUT2D eigenvalue weighted by Gasteiger charge is 2.35. The number of fused-ring (bicyclic) bond motifs is 5. The van der Waals surface area contributed by atoms with Gasteiger partial charge in [0.2, 0.25) is 41.3 Å². The summed E-state index contributed by atoms with van der Waals surface area (Å²) in [5, 5.41) is 49.7. The summed E-state index contributed by atoms with van der Waals surface area (Å²) >= 11 is 6.50. The van der Waals surface area contributed by atoms with Crippen molar-refractivity contribution in [1.29, 1.82) is 0 Å². The third-order valence-corrected chi connectivity index (χ3v) is 30.1. The molecule has 750 valence electrons. The third kappa shape index (κ3) is 24.1. The molecule has 0 radical (unpaired) electrons. The molecule has 2 fully saturated rings. The number of hydrogen-bond donors (Lipinski definition) is 1. The maximum Gasteiger partial charge on any atom is 0.306 e. The number of methoxy groups -OCH3 is 1. The number of likely N-dealkylation sites (tertiary alicyclic amines) is 2. The van der Waals surface area contributed by atoms with Crippen molar-refractivity contribution >= 4 is 160 Å². The SMILES string of the molecule is CC(=O)[C@@H](CCO)Cc1nnc(C(=O)c2nc3ccc(-c4ccccc4)cc3s2)o1.CN1CCC(Cc2nnc(C(=O)c3nc4ccc(-c5ccccc5)cc4s3)o2)C1=O.CN1CCC(Cc2nnc(C(=O)c3nc4ccc(-c5ccccc5)cc4s3)o2)C1=O.COC(=O)CCc1nnc(C(=O)c2nc3ccc(-c4ccccc4)cc3s2)o1.Cc1ccc(CCc2nnc(C(=O)c3nc4ccc(-c5ccccc5)cc4s3)o2)c(C)c1. The minimum atomic E-state index is -0.447. The van der Waals surface area contributed by atoms with Crippen LogP contribution in [0.4, 0.5) is 0 Å². The van der Waals surface area contributed by atoms with Gasteiger partial charge in [-0.1, -0.05) is 206 Å². The second kappa shape index (κ2) is 46.4. The van der Waals surface area contributed by atoms with Gasteiger partial charge in [-0.3, -0.25) is 43.2 Å². The van der Waals surface area contributed by atoms with E-state index in [0.717, 1.165) is 139 Å². The number of amides is 2. The summed E-state index contributed by atoms with van der Waals surface area (Å²) in [6, 6.07) is 86.2. The summed E-state index contributed by atoms with van der Waals surface area (Å²) in [6.07, 6.45) is 4.40. The summed E-state index contributed by atoms with van der Waals surface area (Å²) < 4.78 is 36.8. The fraction of sp³-hybridized carbons (Fsp3) is 0.196. The Bertz CT molecular complexity index is 8120. The van der Waals surface area contributed by atoms with Gasteiger partial charge in [0.1, 0.15) is 5.78 Å². The van der Waals surface area contributed by atoms with Gasteiger partial charge < -0.3 is 41.7 Å². The lowest BCUT2D eigenvalue weighted by Crippen LogP contribution is -2.23. The van der Waals surface area contributed by atoms with Crippen LogP contribution in [0.25, 0.3) is 107 Å². The minimum Gasteiger partial charge on any atom is -0.469 e. The Labute approximate surface area is 875 Å². The number of aliphatic hydroxyl groups is 1. The lowest BCUT2D eigenvalue weighted by molar-refractivity contribution is -0.140. The van der Waals surface area contributed by atoms with Gasteiger partial charge in [-0.05, 0) is 174 Å². The zero-order chi connectivity index (χ0) is 104. The molecule has 2 unspecified atom stereocenters.